The second-order valence-corrected chi connectivity index (χ2v) is 8.95. The maximum atomic E-state index is 12.3. The number of nitrogens with zero attached hydrogens (tertiary/aromatic N) is 4. The molecule has 6 rings (SSSR count). The summed E-state index contributed by atoms with van der Waals surface area (Å²) in [5, 5.41) is 10.7. The van der Waals surface area contributed by atoms with Crippen LogP contribution in [0.3, 0.4) is 0 Å². The zero-order valence-electron chi connectivity index (χ0n) is 19.6. The van der Waals surface area contributed by atoms with E-state index in [1.54, 1.807) is 0 Å². The van der Waals surface area contributed by atoms with Crippen molar-refractivity contribution < 1.29 is 14.1 Å². The minimum atomic E-state index is -0.0595. The minimum Gasteiger partial charge on any atom is -0.457 e. The summed E-state index contributed by atoms with van der Waals surface area (Å²) < 4.78 is 13.4. The van der Waals surface area contributed by atoms with E-state index in [9.17, 15) is 4.79 Å². The van der Waals surface area contributed by atoms with Gasteiger partial charge in [-0.25, -0.2) is 0 Å². The summed E-state index contributed by atoms with van der Waals surface area (Å²) in [5.74, 6) is 1.81. The number of fused-ring (bicyclic) bond motifs is 2. The molecule has 180 valence electrons. The molecule has 5 aromatic rings. The van der Waals surface area contributed by atoms with E-state index in [1.807, 2.05) is 76.3 Å². The molecule has 1 saturated heterocycles. The maximum Gasteiger partial charge on any atom is 0.246 e. The largest absolute Gasteiger partial charge is 0.457 e. The molecule has 8 nitrogen and oxygen atoms in total. The standard InChI is InChI=1S/C28H25N5O3/c1-2-26(34)32-14-6-7-19(17-32)33-24-16-25-23(28(29)31-36-25)15-22(24)27(30-33)18-10-12-21(13-11-18)35-20-8-4-3-5-9-20/h2-5,8-13,15-16,19H,1,6-7,14,17H2,(H2,29,31). The second-order valence-electron chi connectivity index (χ2n) is 8.95. The molecule has 1 fully saturated rings. The fraction of sp³-hybridized carbons (Fsp3) is 0.179. The number of piperidine rings is 1. The van der Waals surface area contributed by atoms with Crippen molar-refractivity contribution in [2.75, 3.05) is 18.8 Å². The Morgan fingerprint density at radius 3 is 2.64 bits per heavy atom. The first kappa shape index (κ1) is 21.9. The average Bonchev–Trinajstić information content (AvgIpc) is 3.48. The van der Waals surface area contributed by atoms with Crippen molar-refractivity contribution >= 4 is 33.6 Å². The third-order valence-electron chi connectivity index (χ3n) is 6.66. The Morgan fingerprint density at radius 1 is 1.08 bits per heavy atom. The Balaban J connectivity index is 1.42. The van der Waals surface area contributed by atoms with Gasteiger partial charge in [0.2, 0.25) is 5.91 Å². The number of para-hydroxylation sites is 1. The van der Waals surface area contributed by atoms with E-state index < -0.39 is 0 Å². The van der Waals surface area contributed by atoms with Crippen LogP contribution in [-0.2, 0) is 4.79 Å². The second kappa shape index (κ2) is 8.88. The summed E-state index contributed by atoms with van der Waals surface area (Å²) in [4.78, 5) is 14.1. The van der Waals surface area contributed by atoms with Gasteiger partial charge in [-0.05, 0) is 61.4 Å². The van der Waals surface area contributed by atoms with Crippen LogP contribution in [0.5, 0.6) is 11.5 Å². The Bertz CT molecular complexity index is 1570. The number of likely N-dealkylation sites (tertiary alicyclic amines) is 1. The summed E-state index contributed by atoms with van der Waals surface area (Å²) in [7, 11) is 0. The number of carbonyl (C=O) groups is 1. The van der Waals surface area contributed by atoms with Crippen LogP contribution < -0.4 is 10.5 Å². The lowest BCUT2D eigenvalue weighted by atomic mass is 10.0. The molecular weight excluding hydrogens is 454 g/mol. The number of carbonyl (C=O) groups excluding carboxylic acids is 1. The number of benzene rings is 3. The van der Waals surface area contributed by atoms with Gasteiger partial charge in [0.15, 0.2) is 11.4 Å². The van der Waals surface area contributed by atoms with Crippen LogP contribution >= 0.6 is 0 Å². The molecule has 1 unspecified atom stereocenters. The average molecular weight is 480 g/mol. The van der Waals surface area contributed by atoms with E-state index in [2.05, 4.69) is 11.7 Å². The first-order chi connectivity index (χ1) is 17.6. The molecule has 3 heterocycles. The predicted molar refractivity (Wildman–Crippen MR) is 139 cm³/mol. The molecule has 0 radical (unpaired) electrons. The molecule has 1 aliphatic rings. The number of nitrogens with two attached hydrogens (primary N) is 1. The van der Waals surface area contributed by atoms with Crippen LogP contribution in [0.1, 0.15) is 18.9 Å². The third-order valence-corrected chi connectivity index (χ3v) is 6.66. The van der Waals surface area contributed by atoms with Gasteiger partial charge in [-0.1, -0.05) is 29.9 Å². The topological polar surface area (TPSA) is 99.4 Å². The summed E-state index contributed by atoms with van der Waals surface area (Å²) in [6, 6.07) is 21.5. The molecule has 1 amide bonds. The molecule has 1 aliphatic heterocycles. The molecule has 0 bridgehead atoms. The molecule has 2 aromatic heterocycles. The van der Waals surface area contributed by atoms with Gasteiger partial charge in [0.25, 0.3) is 0 Å². The van der Waals surface area contributed by atoms with Gasteiger partial charge >= 0.3 is 0 Å². The smallest absolute Gasteiger partial charge is 0.246 e. The number of nitrogen functional groups attached to an aromatic ring is 1. The van der Waals surface area contributed by atoms with Crippen LogP contribution in [0.25, 0.3) is 33.1 Å². The van der Waals surface area contributed by atoms with Crippen molar-refractivity contribution in [3.05, 3.63) is 79.4 Å². The summed E-state index contributed by atoms with van der Waals surface area (Å²) in [6.45, 7) is 4.93. The van der Waals surface area contributed by atoms with Crippen LogP contribution in [-0.4, -0.2) is 38.8 Å². The SMILES string of the molecule is C=CC(=O)N1CCCC(n2nc(-c3ccc(Oc4ccccc4)cc3)c3cc4c(N)noc4cc32)C1. The normalized spacial score (nSPS) is 15.9. The van der Waals surface area contributed by atoms with Crippen LogP contribution in [0.4, 0.5) is 5.82 Å². The first-order valence-electron chi connectivity index (χ1n) is 11.9. The number of anilines is 1. The number of ether oxygens (including phenoxy) is 1. The highest BCUT2D eigenvalue weighted by Gasteiger charge is 2.27. The van der Waals surface area contributed by atoms with E-state index in [0.29, 0.717) is 17.9 Å². The Morgan fingerprint density at radius 2 is 1.86 bits per heavy atom. The lowest BCUT2D eigenvalue weighted by Gasteiger charge is -2.32. The summed E-state index contributed by atoms with van der Waals surface area (Å²) >= 11 is 0. The van der Waals surface area contributed by atoms with E-state index in [4.69, 9.17) is 20.1 Å². The fourth-order valence-electron chi connectivity index (χ4n) is 4.87. The van der Waals surface area contributed by atoms with Gasteiger partial charge in [0.05, 0.1) is 16.9 Å². The third kappa shape index (κ3) is 3.86. The lowest BCUT2D eigenvalue weighted by molar-refractivity contribution is -0.127. The van der Waals surface area contributed by atoms with Crippen LogP contribution in [0.2, 0.25) is 0 Å². The highest BCUT2D eigenvalue weighted by molar-refractivity contribution is 6.04. The predicted octanol–water partition coefficient (Wildman–Crippen LogP) is 5.57. The van der Waals surface area contributed by atoms with Gasteiger partial charge in [-0.2, -0.15) is 5.10 Å². The van der Waals surface area contributed by atoms with E-state index >= 15 is 0 Å². The van der Waals surface area contributed by atoms with Crippen molar-refractivity contribution in [2.45, 2.75) is 18.9 Å². The van der Waals surface area contributed by atoms with Gasteiger partial charge in [-0.3, -0.25) is 9.48 Å². The highest BCUT2D eigenvalue weighted by atomic mass is 16.5. The van der Waals surface area contributed by atoms with Crippen molar-refractivity contribution in [1.29, 1.82) is 0 Å². The molecule has 8 heteroatoms. The maximum absolute atomic E-state index is 12.3. The first-order valence-corrected chi connectivity index (χ1v) is 11.9. The van der Waals surface area contributed by atoms with E-state index in [1.165, 1.54) is 6.08 Å². The monoisotopic (exact) mass is 479 g/mol. The minimum absolute atomic E-state index is 0.0253. The van der Waals surface area contributed by atoms with E-state index in [0.717, 1.165) is 58.4 Å². The van der Waals surface area contributed by atoms with Crippen molar-refractivity contribution in [3.8, 4) is 22.8 Å². The number of rotatable bonds is 5. The van der Waals surface area contributed by atoms with Gasteiger partial charge in [0, 0.05) is 30.1 Å². The Kier molecular flexibility index (Phi) is 5.41. The zero-order chi connectivity index (χ0) is 24.6. The molecule has 0 aliphatic carbocycles. The quantitative estimate of drug-likeness (QED) is 0.331. The molecule has 36 heavy (non-hydrogen) atoms. The molecular formula is C28H25N5O3. The zero-order valence-corrected chi connectivity index (χ0v) is 19.6. The number of hydrogen-bond donors (Lipinski definition) is 1. The number of aromatic nitrogens is 3. The molecule has 3 aromatic carbocycles. The lowest BCUT2D eigenvalue weighted by Crippen LogP contribution is -2.40. The van der Waals surface area contributed by atoms with Gasteiger partial charge in [-0.15, -0.1) is 0 Å². The summed E-state index contributed by atoms with van der Waals surface area (Å²) in [6.07, 6.45) is 3.18. The molecule has 0 saturated carbocycles. The Hall–Kier alpha value is -4.59. The van der Waals surface area contributed by atoms with E-state index in [-0.39, 0.29) is 11.9 Å². The van der Waals surface area contributed by atoms with Crippen LogP contribution in [0, 0.1) is 0 Å². The molecule has 2 N–H and O–H groups in total. The van der Waals surface area contributed by atoms with Crippen molar-refractivity contribution in [2.24, 2.45) is 0 Å². The van der Waals surface area contributed by atoms with Crippen LogP contribution in [0.15, 0.2) is 83.9 Å². The molecule has 0 spiro atoms. The van der Waals surface area contributed by atoms with Gasteiger partial charge < -0.3 is 19.9 Å². The number of amides is 1. The summed E-state index contributed by atoms with van der Waals surface area (Å²) in [5.41, 5.74) is 9.35. The van der Waals surface area contributed by atoms with Crippen molar-refractivity contribution in [3.63, 3.8) is 0 Å². The highest BCUT2D eigenvalue weighted by Crippen LogP contribution is 2.37. The molecule has 1 atom stereocenters. The fourth-order valence-corrected chi connectivity index (χ4v) is 4.87. The van der Waals surface area contributed by atoms with Gasteiger partial charge in [0.1, 0.15) is 17.2 Å². The Labute approximate surface area is 207 Å². The number of hydrogen-bond acceptors (Lipinski definition) is 6. The van der Waals surface area contributed by atoms with Crippen molar-refractivity contribution in [1.82, 2.24) is 19.8 Å².